The van der Waals surface area contributed by atoms with Crippen LogP contribution in [0.3, 0.4) is 0 Å². The summed E-state index contributed by atoms with van der Waals surface area (Å²) in [6, 6.07) is -0.665. The number of likely N-dealkylation sites (tertiary alicyclic amines) is 1. The predicted octanol–water partition coefficient (Wildman–Crippen LogP) is 3.03. The second kappa shape index (κ2) is 11.6. The number of alkyl carbamates (subject to hydrolysis) is 1. The third kappa shape index (κ3) is 6.49. The van der Waals surface area contributed by atoms with E-state index in [1.54, 1.807) is 7.11 Å². The van der Waals surface area contributed by atoms with Crippen LogP contribution in [0.5, 0.6) is 0 Å². The molecule has 0 aromatic carbocycles. The van der Waals surface area contributed by atoms with Crippen molar-refractivity contribution in [2.45, 2.75) is 102 Å². The standard InChI is InChI=1S/C28H47N3O6/c1-18(2)9-10-21-27(5,37-21)24-23(34-6)20(11-12-28(24)17-35-28)36-26(33)30-22(19(3)4)25(32)29-13-16-31-14-7-8-15-31/h9,19-24H,7-8,10-17H2,1-6H3,(H,29,32)(H,30,33)/t20-,21-,22-,23-,24-,27?,28+/m1/s1. The van der Waals surface area contributed by atoms with E-state index in [9.17, 15) is 9.59 Å². The highest BCUT2D eigenvalue weighted by Crippen LogP contribution is 2.59. The fourth-order valence-corrected chi connectivity index (χ4v) is 6.36. The maximum Gasteiger partial charge on any atom is 0.408 e. The van der Waals surface area contributed by atoms with Gasteiger partial charge in [0.25, 0.3) is 0 Å². The van der Waals surface area contributed by atoms with Crippen molar-refractivity contribution in [2.24, 2.45) is 11.8 Å². The van der Waals surface area contributed by atoms with Crippen molar-refractivity contribution in [1.82, 2.24) is 15.5 Å². The molecule has 3 saturated heterocycles. The zero-order valence-corrected chi connectivity index (χ0v) is 23.5. The molecule has 3 aliphatic heterocycles. The molecule has 9 heteroatoms. The predicted molar refractivity (Wildman–Crippen MR) is 140 cm³/mol. The lowest BCUT2D eigenvalue weighted by Gasteiger charge is -2.42. The summed E-state index contributed by atoms with van der Waals surface area (Å²) in [4.78, 5) is 28.2. The highest BCUT2D eigenvalue weighted by atomic mass is 16.6. The van der Waals surface area contributed by atoms with Gasteiger partial charge in [0.1, 0.15) is 29.5 Å². The van der Waals surface area contributed by atoms with Crippen molar-refractivity contribution in [1.29, 1.82) is 0 Å². The first-order valence-corrected chi connectivity index (χ1v) is 14.0. The number of hydrogen-bond acceptors (Lipinski definition) is 7. The van der Waals surface area contributed by atoms with Gasteiger partial charge in [-0.05, 0) is 71.9 Å². The van der Waals surface area contributed by atoms with E-state index in [4.69, 9.17) is 18.9 Å². The van der Waals surface area contributed by atoms with Crippen LogP contribution in [0.2, 0.25) is 0 Å². The normalized spacial score (nSPS) is 35.8. The Labute approximate surface area is 222 Å². The zero-order valence-electron chi connectivity index (χ0n) is 23.5. The summed E-state index contributed by atoms with van der Waals surface area (Å²) in [6.07, 6.45) is 5.62. The maximum atomic E-state index is 13.0. The average Bonchev–Trinajstić information content (AvgIpc) is 3.69. The topological polar surface area (TPSA) is 105 Å². The van der Waals surface area contributed by atoms with E-state index in [2.05, 4.69) is 42.4 Å². The van der Waals surface area contributed by atoms with Crippen LogP contribution in [0.25, 0.3) is 0 Å². The number of allylic oxidation sites excluding steroid dienone is 1. The number of nitrogens with zero attached hydrogens (tertiary/aromatic N) is 1. The number of methoxy groups -OCH3 is 1. The minimum atomic E-state index is -0.665. The minimum Gasteiger partial charge on any atom is -0.443 e. The van der Waals surface area contributed by atoms with Crippen molar-refractivity contribution in [3.8, 4) is 0 Å². The SMILES string of the molecule is CO[C@H]1[C@H](C2(C)O[C@@H]2CC=C(C)C)[C@]2(CC[C@H]1OC(=O)N[C@@H](C(=O)NCCN1CCCC1)C(C)C)CO2. The Hall–Kier alpha value is -1.68. The van der Waals surface area contributed by atoms with Gasteiger partial charge in [-0.25, -0.2) is 4.79 Å². The third-order valence-electron chi connectivity index (χ3n) is 8.64. The van der Waals surface area contributed by atoms with E-state index < -0.39 is 23.8 Å². The van der Waals surface area contributed by atoms with Crippen LogP contribution in [0.1, 0.15) is 66.7 Å². The summed E-state index contributed by atoms with van der Waals surface area (Å²) in [6.45, 7) is 14.4. The first kappa shape index (κ1) is 28.3. The summed E-state index contributed by atoms with van der Waals surface area (Å²) in [5, 5.41) is 5.81. The van der Waals surface area contributed by atoms with E-state index in [0.717, 1.165) is 32.5 Å². The van der Waals surface area contributed by atoms with Crippen LogP contribution >= 0.6 is 0 Å². The van der Waals surface area contributed by atoms with E-state index in [-0.39, 0.29) is 35.6 Å². The zero-order chi connectivity index (χ0) is 26.8. The van der Waals surface area contributed by atoms with Crippen molar-refractivity contribution < 1.29 is 28.5 Å². The molecule has 1 saturated carbocycles. The molecule has 2 N–H and O–H groups in total. The molecule has 2 amide bonds. The van der Waals surface area contributed by atoms with E-state index in [1.165, 1.54) is 18.4 Å². The molecular formula is C28H47N3O6. The number of rotatable bonds is 11. The number of carbonyl (C=O) groups excluding carboxylic acids is 2. The van der Waals surface area contributed by atoms with Crippen LogP contribution in [0.4, 0.5) is 4.79 Å². The maximum absolute atomic E-state index is 13.0. The number of epoxide rings is 2. The first-order valence-electron chi connectivity index (χ1n) is 14.0. The molecular weight excluding hydrogens is 474 g/mol. The molecule has 0 radical (unpaired) electrons. The molecule has 0 aromatic rings. The van der Waals surface area contributed by atoms with Gasteiger partial charge in [0.05, 0.1) is 18.6 Å². The number of carbonyl (C=O) groups is 2. The highest BCUT2D eigenvalue weighted by Gasteiger charge is 2.72. The summed E-state index contributed by atoms with van der Waals surface area (Å²) in [7, 11) is 1.66. The van der Waals surface area contributed by atoms with Gasteiger partial charge in [-0.15, -0.1) is 0 Å². The van der Waals surface area contributed by atoms with E-state index >= 15 is 0 Å². The fraction of sp³-hybridized carbons (Fsp3) is 0.857. The Balaban J connectivity index is 1.35. The number of amides is 2. The van der Waals surface area contributed by atoms with E-state index in [1.807, 2.05) is 13.8 Å². The van der Waals surface area contributed by atoms with Crippen molar-refractivity contribution in [3.63, 3.8) is 0 Å². The third-order valence-corrected chi connectivity index (χ3v) is 8.64. The summed E-state index contributed by atoms with van der Waals surface area (Å²) in [5.41, 5.74) is 0.596. The number of hydrogen-bond donors (Lipinski definition) is 2. The first-order chi connectivity index (χ1) is 17.6. The van der Waals surface area contributed by atoms with Crippen molar-refractivity contribution >= 4 is 12.0 Å². The Morgan fingerprint density at radius 3 is 2.51 bits per heavy atom. The van der Waals surface area contributed by atoms with Gasteiger partial charge in [0.2, 0.25) is 5.91 Å². The molecule has 7 atom stereocenters. The monoisotopic (exact) mass is 521 g/mol. The number of ether oxygens (including phenoxy) is 4. The molecule has 4 aliphatic rings. The molecule has 210 valence electrons. The van der Waals surface area contributed by atoms with Crippen molar-refractivity contribution in [2.75, 3.05) is 39.9 Å². The Bertz CT molecular complexity index is 849. The largest absolute Gasteiger partial charge is 0.443 e. The lowest BCUT2D eigenvalue weighted by molar-refractivity contribution is -0.125. The minimum absolute atomic E-state index is 0.0399. The molecule has 0 aromatic heterocycles. The summed E-state index contributed by atoms with van der Waals surface area (Å²) >= 11 is 0. The van der Waals surface area contributed by atoms with Crippen LogP contribution < -0.4 is 10.6 Å². The molecule has 1 spiro atoms. The van der Waals surface area contributed by atoms with Crippen LogP contribution in [-0.4, -0.2) is 92.4 Å². The van der Waals surface area contributed by atoms with Gasteiger partial charge < -0.3 is 34.5 Å². The lowest BCUT2D eigenvalue weighted by Crippen LogP contribution is -2.57. The highest BCUT2D eigenvalue weighted by molar-refractivity contribution is 5.85. The average molecular weight is 522 g/mol. The Morgan fingerprint density at radius 2 is 1.92 bits per heavy atom. The second-order valence-electron chi connectivity index (χ2n) is 12.0. The molecule has 9 nitrogen and oxygen atoms in total. The van der Waals surface area contributed by atoms with Crippen LogP contribution in [0, 0.1) is 11.8 Å². The molecule has 37 heavy (non-hydrogen) atoms. The Morgan fingerprint density at radius 1 is 1.22 bits per heavy atom. The fourth-order valence-electron chi connectivity index (χ4n) is 6.36. The van der Waals surface area contributed by atoms with Gasteiger partial charge in [0.15, 0.2) is 0 Å². The smallest absolute Gasteiger partial charge is 0.408 e. The Kier molecular flexibility index (Phi) is 8.88. The molecule has 4 rings (SSSR count). The van der Waals surface area contributed by atoms with Gasteiger partial charge in [0, 0.05) is 20.2 Å². The molecule has 0 bridgehead atoms. The second-order valence-corrected chi connectivity index (χ2v) is 12.0. The van der Waals surface area contributed by atoms with Crippen LogP contribution in [-0.2, 0) is 23.7 Å². The van der Waals surface area contributed by atoms with Crippen molar-refractivity contribution in [3.05, 3.63) is 11.6 Å². The lowest BCUT2D eigenvalue weighted by atomic mass is 9.68. The molecule has 1 aliphatic carbocycles. The van der Waals surface area contributed by atoms with Gasteiger partial charge in [-0.3, -0.25) is 4.79 Å². The molecule has 1 unspecified atom stereocenters. The summed E-state index contributed by atoms with van der Waals surface area (Å²) < 4.78 is 24.1. The molecule has 3 heterocycles. The number of nitrogens with one attached hydrogen (secondary N) is 2. The van der Waals surface area contributed by atoms with Gasteiger partial charge in [-0.1, -0.05) is 25.5 Å². The molecule has 4 fully saturated rings. The van der Waals surface area contributed by atoms with E-state index in [0.29, 0.717) is 19.6 Å². The van der Waals surface area contributed by atoms with Gasteiger partial charge >= 0.3 is 6.09 Å². The quantitative estimate of drug-likeness (QED) is 0.318. The van der Waals surface area contributed by atoms with Gasteiger partial charge in [-0.2, -0.15) is 0 Å². The van der Waals surface area contributed by atoms with Crippen LogP contribution in [0.15, 0.2) is 11.6 Å². The summed E-state index contributed by atoms with van der Waals surface area (Å²) in [5.74, 6) is -0.293.